The molecule has 0 fully saturated rings. The molecular weight excluding hydrogens is 280 g/mol. The third-order valence-electron chi connectivity index (χ3n) is 4.10. The van der Waals surface area contributed by atoms with Gasteiger partial charge in [0.2, 0.25) is 0 Å². The molecule has 1 heterocycles. The van der Waals surface area contributed by atoms with Crippen molar-refractivity contribution in [3.8, 4) is 17.2 Å². The molecule has 0 spiro atoms. The summed E-state index contributed by atoms with van der Waals surface area (Å²) >= 11 is 0. The highest BCUT2D eigenvalue weighted by Crippen LogP contribution is 2.47. The lowest BCUT2D eigenvalue weighted by atomic mass is 9.92. The Bertz CT molecular complexity index is 708. The molecule has 0 bridgehead atoms. The number of ether oxygens (including phenoxy) is 3. The van der Waals surface area contributed by atoms with Gasteiger partial charge in [-0.15, -0.1) is 0 Å². The van der Waals surface area contributed by atoms with Crippen LogP contribution in [0.2, 0.25) is 0 Å². The molecule has 0 saturated carbocycles. The van der Waals surface area contributed by atoms with Gasteiger partial charge in [-0.25, -0.2) is 0 Å². The molecule has 3 rings (SSSR count). The van der Waals surface area contributed by atoms with E-state index in [1.54, 1.807) is 20.3 Å². The average Bonchev–Trinajstić information content (AvgIpc) is 2.90. The Labute approximate surface area is 129 Å². The summed E-state index contributed by atoms with van der Waals surface area (Å²) in [5.41, 5.74) is 2.75. The number of carbonyl (C=O) groups excluding carboxylic acids is 1. The molecule has 1 aliphatic heterocycles. The predicted molar refractivity (Wildman–Crippen MR) is 83.2 cm³/mol. The third-order valence-corrected chi connectivity index (χ3v) is 4.10. The summed E-state index contributed by atoms with van der Waals surface area (Å²) < 4.78 is 16.7. The highest BCUT2D eigenvalue weighted by atomic mass is 16.5. The van der Waals surface area contributed by atoms with Crippen molar-refractivity contribution in [2.45, 2.75) is 18.9 Å². The number of benzene rings is 2. The summed E-state index contributed by atoms with van der Waals surface area (Å²) in [5.74, 6) is 2.36. The quantitative estimate of drug-likeness (QED) is 0.806. The first-order valence-electron chi connectivity index (χ1n) is 7.15. The van der Waals surface area contributed by atoms with Crippen LogP contribution >= 0.6 is 0 Å². The van der Waals surface area contributed by atoms with Crippen LogP contribution in [-0.4, -0.2) is 20.5 Å². The third kappa shape index (κ3) is 2.30. The standard InChI is InChI=1S/C18H18O4/c1-11-14-8-12(10-19)4-6-15(14)22-18(11)13-5-7-16(20-2)17(9-13)21-3/h4-11,18H,1-3H3/t11?,18-/m1/s1. The van der Waals surface area contributed by atoms with Crippen molar-refractivity contribution in [1.82, 2.24) is 0 Å². The lowest BCUT2D eigenvalue weighted by molar-refractivity contribution is 0.112. The van der Waals surface area contributed by atoms with E-state index in [0.29, 0.717) is 17.1 Å². The molecule has 0 aliphatic carbocycles. The Hall–Kier alpha value is -2.49. The number of fused-ring (bicyclic) bond motifs is 1. The molecule has 4 heteroatoms. The minimum absolute atomic E-state index is 0.100. The van der Waals surface area contributed by atoms with Crippen LogP contribution in [0.25, 0.3) is 0 Å². The molecule has 1 unspecified atom stereocenters. The van der Waals surface area contributed by atoms with Crippen molar-refractivity contribution in [2.75, 3.05) is 14.2 Å². The number of hydrogen-bond acceptors (Lipinski definition) is 4. The fourth-order valence-corrected chi connectivity index (χ4v) is 2.89. The van der Waals surface area contributed by atoms with E-state index in [4.69, 9.17) is 14.2 Å². The summed E-state index contributed by atoms with van der Waals surface area (Å²) in [7, 11) is 3.23. The first-order chi connectivity index (χ1) is 10.7. The molecule has 2 aromatic rings. The zero-order valence-corrected chi connectivity index (χ0v) is 12.8. The van der Waals surface area contributed by atoms with Crippen molar-refractivity contribution in [1.29, 1.82) is 0 Å². The molecule has 1 aliphatic rings. The molecule has 2 aromatic carbocycles. The van der Waals surface area contributed by atoms with E-state index in [2.05, 4.69) is 6.92 Å². The Morgan fingerprint density at radius 1 is 1.05 bits per heavy atom. The second-order valence-electron chi connectivity index (χ2n) is 5.36. The molecule has 0 aromatic heterocycles. The maximum atomic E-state index is 10.9. The van der Waals surface area contributed by atoms with Crippen molar-refractivity contribution in [2.24, 2.45) is 0 Å². The second kappa shape index (κ2) is 5.72. The smallest absolute Gasteiger partial charge is 0.161 e. The number of methoxy groups -OCH3 is 2. The van der Waals surface area contributed by atoms with Gasteiger partial charge < -0.3 is 14.2 Å². The maximum Gasteiger partial charge on any atom is 0.161 e. The summed E-state index contributed by atoms with van der Waals surface area (Å²) in [4.78, 5) is 10.9. The SMILES string of the molecule is COc1ccc([C@@H]2Oc3ccc(C=O)cc3C2C)cc1OC. The number of carbonyl (C=O) groups is 1. The Morgan fingerprint density at radius 2 is 1.82 bits per heavy atom. The van der Waals surface area contributed by atoms with Gasteiger partial charge in [-0.3, -0.25) is 4.79 Å². The van der Waals surface area contributed by atoms with Crippen molar-refractivity contribution < 1.29 is 19.0 Å². The lowest BCUT2D eigenvalue weighted by Gasteiger charge is -2.17. The Kier molecular flexibility index (Phi) is 3.75. The van der Waals surface area contributed by atoms with Crippen LogP contribution in [-0.2, 0) is 0 Å². The summed E-state index contributed by atoms with van der Waals surface area (Å²) in [5, 5.41) is 0. The first kappa shape index (κ1) is 14.4. The van der Waals surface area contributed by atoms with Crippen LogP contribution in [0.15, 0.2) is 36.4 Å². The van der Waals surface area contributed by atoms with Gasteiger partial charge in [0.25, 0.3) is 0 Å². The summed E-state index contributed by atoms with van der Waals surface area (Å²) in [6.45, 7) is 2.10. The van der Waals surface area contributed by atoms with E-state index in [0.717, 1.165) is 23.2 Å². The van der Waals surface area contributed by atoms with E-state index in [-0.39, 0.29) is 12.0 Å². The van der Waals surface area contributed by atoms with Crippen LogP contribution < -0.4 is 14.2 Å². The lowest BCUT2D eigenvalue weighted by Crippen LogP contribution is -2.07. The minimum atomic E-state index is -0.100. The second-order valence-corrected chi connectivity index (χ2v) is 5.36. The fraction of sp³-hybridized carbons (Fsp3) is 0.278. The maximum absolute atomic E-state index is 10.9. The molecule has 0 N–H and O–H groups in total. The van der Waals surface area contributed by atoms with E-state index in [1.807, 2.05) is 30.3 Å². The van der Waals surface area contributed by atoms with E-state index in [1.165, 1.54) is 0 Å². The zero-order valence-electron chi connectivity index (χ0n) is 12.8. The Morgan fingerprint density at radius 3 is 2.50 bits per heavy atom. The molecule has 0 amide bonds. The first-order valence-corrected chi connectivity index (χ1v) is 7.15. The van der Waals surface area contributed by atoms with Crippen LogP contribution in [0.1, 0.15) is 40.4 Å². The number of hydrogen-bond donors (Lipinski definition) is 0. The van der Waals surface area contributed by atoms with Crippen LogP contribution in [0.5, 0.6) is 17.2 Å². The summed E-state index contributed by atoms with van der Waals surface area (Å²) in [6, 6.07) is 11.3. The summed E-state index contributed by atoms with van der Waals surface area (Å²) in [6.07, 6.45) is 0.758. The van der Waals surface area contributed by atoms with Gasteiger partial charge in [-0.1, -0.05) is 13.0 Å². The predicted octanol–water partition coefficient (Wildman–Crippen LogP) is 3.75. The van der Waals surface area contributed by atoms with Crippen molar-refractivity contribution in [3.63, 3.8) is 0 Å². The Balaban J connectivity index is 1.96. The normalized spacial score (nSPS) is 19.2. The highest BCUT2D eigenvalue weighted by molar-refractivity contribution is 5.76. The molecule has 0 radical (unpaired) electrons. The van der Waals surface area contributed by atoms with Gasteiger partial charge in [-0.2, -0.15) is 0 Å². The van der Waals surface area contributed by atoms with Gasteiger partial charge in [-0.05, 0) is 35.9 Å². The van der Waals surface area contributed by atoms with Gasteiger partial charge in [0.05, 0.1) is 14.2 Å². The number of rotatable bonds is 4. The minimum Gasteiger partial charge on any atom is -0.493 e. The van der Waals surface area contributed by atoms with Gasteiger partial charge in [0.1, 0.15) is 18.1 Å². The van der Waals surface area contributed by atoms with Crippen LogP contribution in [0.3, 0.4) is 0 Å². The van der Waals surface area contributed by atoms with Crippen LogP contribution in [0.4, 0.5) is 0 Å². The molecule has 0 saturated heterocycles. The van der Waals surface area contributed by atoms with E-state index < -0.39 is 0 Å². The van der Waals surface area contributed by atoms with Crippen molar-refractivity contribution in [3.05, 3.63) is 53.1 Å². The van der Waals surface area contributed by atoms with E-state index in [9.17, 15) is 4.79 Å². The fourth-order valence-electron chi connectivity index (χ4n) is 2.89. The van der Waals surface area contributed by atoms with Crippen molar-refractivity contribution >= 4 is 6.29 Å². The molecule has 22 heavy (non-hydrogen) atoms. The molecular formula is C18H18O4. The topological polar surface area (TPSA) is 44.8 Å². The molecule has 4 nitrogen and oxygen atoms in total. The van der Waals surface area contributed by atoms with Crippen LogP contribution in [0, 0.1) is 0 Å². The largest absolute Gasteiger partial charge is 0.493 e. The highest BCUT2D eigenvalue weighted by Gasteiger charge is 2.32. The molecule has 2 atom stereocenters. The van der Waals surface area contributed by atoms with Gasteiger partial charge in [0, 0.05) is 17.0 Å². The molecule has 114 valence electrons. The zero-order chi connectivity index (χ0) is 15.7. The van der Waals surface area contributed by atoms with E-state index >= 15 is 0 Å². The number of aldehydes is 1. The van der Waals surface area contributed by atoms with Gasteiger partial charge >= 0.3 is 0 Å². The average molecular weight is 298 g/mol. The van der Waals surface area contributed by atoms with Gasteiger partial charge in [0.15, 0.2) is 11.5 Å². The monoisotopic (exact) mass is 298 g/mol.